The fourth-order valence-corrected chi connectivity index (χ4v) is 0.534. The van der Waals surface area contributed by atoms with Crippen molar-refractivity contribution in [3.63, 3.8) is 0 Å². The molecule has 0 aliphatic carbocycles. The molecule has 0 saturated heterocycles. The van der Waals surface area contributed by atoms with Gasteiger partial charge in [0.1, 0.15) is 0 Å². The Hall–Kier alpha value is -0.563. The molecule has 1 rings (SSSR count). The van der Waals surface area contributed by atoms with Crippen molar-refractivity contribution >= 4 is 10.2 Å². The molecule has 0 heterocycles. The van der Waals surface area contributed by atoms with Gasteiger partial charge in [0.25, 0.3) is 0 Å². The van der Waals surface area contributed by atoms with E-state index in [4.69, 9.17) is 0 Å². The van der Waals surface area contributed by atoms with Crippen molar-refractivity contribution in [2.75, 3.05) is 0 Å². The Bertz CT molecular complexity index is 146. The first-order valence-corrected chi connectivity index (χ1v) is 5.24. The summed E-state index contributed by atoms with van der Waals surface area (Å²) in [7, 11) is 1.37. The van der Waals surface area contributed by atoms with Gasteiger partial charge in [-0.3, -0.25) is 0 Å². The highest BCUT2D eigenvalue weighted by Gasteiger charge is 1.72. The van der Waals surface area contributed by atoms with Crippen molar-refractivity contribution in [1.82, 2.24) is 0 Å². The predicted octanol–water partition coefficient (Wildman–Crippen LogP) is 1.79. The topological polar surface area (TPSA) is 0 Å². The van der Waals surface area contributed by atoms with Gasteiger partial charge in [-0.05, 0) is 6.92 Å². The Morgan fingerprint density at radius 1 is 1.20 bits per heavy atom. The van der Waals surface area contributed by atoms with E-state index in [1.807, 2.05) is 18.2 Å². The smallest absolute Gasteiger partial charge is 0.00244 e. The first-order valence-electron chi connectivity index (χ1n) is 3.82. The molecule has 0 saturated carbocycles. The lowest BCUT2D eigenvalue weighted by Gasteiger charge is -1.82. The Morgan fingerprint density at radius 2 is 1.60 bits per heavy atom. The van der Waals surface area contributed by atoms with E-state index in [1.165, 1.54) is 21.9 Å². The average Bonchev–Trinajstić information content (AvgIpc) is 1.91. The Labute approximate surface area is 66.7 Å². The molecule has 0 bridgehead atoms. The molecule has 10 heavy (non-hydrogen) atoms. The number of benzene rings is 1. The van der Waals surface area contributed by atoms with Gasteiger partial charge >= 0.3 is 0 Å². The van der Waals surface area contributed by atoms with Crippen molar-refractivity contribution in [3.05, 3.63) is 35.9 Å². The van der Waals surface area contributed by atoms with Crippen LogP contribution in [0.25, 0.3) is 0 Å². The minimum Gasteiger partial charge on any atom is -0.0686 e. The maximum Gasteiger partial charge on any atom is 0.00244 e. The Balaban J connectivity index is 0.000000236. The lowest BCUT2D eigenvalue weighted by atomic mass is 10.2. The lowest BCUT2D eigenvalue weighted by molar-refractivity contribution is 1.48. The van der Waals surface area contributed by atoms with Crippen LogP contribution < -0.4 is 0 Å². The van der Waals surface area contributed by atoms with Crippen LogP contribution in [-0.4, -0.2) is 10.2 Å². The highest BCUT2D eigenvalue weighted by atomic mass is 28.1. The van der Waals surface area contributed by atoms with Crippen molar-refractivity contribution in [1.29, 1.82) is 0 Å². The van der Waals surface area contributed by atoms with Gasteiger partial charge in [-0.15, -0.1) is 0 Å². The molecular weight excluding hydrogens is 136 g/mol. The quantitative estimate of drug-likeness (QED) is 0.497. The minimum atomic E-state index is 1.32. The molecule has 0 unspecified atom stereocenters. The van der Waals surface area contributed by atoms with Gasteiger partial charge in [0.2, 0.25) is 0 Å². The Morgan fingerprint density at radius 3 is 1.80 bits per heavy atom. The molecule has 0 nitrogen and oxygen atoms in total. The third-order valence-corrected chi connectivity index (χ3v) is 0.940. The van der Waals surface area contributed by atoms with E-state index in [9.17, 15) is 0 Å². The monoisotopic (exact) mass is 152 g/mol. The van der Waals surface area contributed by atoms with Crippen LogP contribution in [0, 0.1) is 6.92 Å². The number of aryl methyl sites for hydroxylation is 1. The van der Waals surface area contributed by atoms with Gasteiger partial charge in [-0.1, -0.05) is 48.9 Å². The zero-order valence-electron chi connectivity index (χ0n) is 7.09. The molecule has 0 aromatic heterocycles. The lowest BCUT2D eigenvalue weighted by Crippen LogP contribution is -1.62. The number of rotatable bonds is 0. The molecule has 56 valence electrons. The van der Waals surface area contributed by atoms with Crippen LogP contribution in [0.5, 0.6) is 0 Å². The van der Waals surface area contributed by atoms with Gasteiger partial charge in [-0.25, -0.2) is 0 Å². The van der Waals surface area contributed by atoms with Crippen LogP contribution in [-0.2, 0) is 0 Å². The van der Waals surface area contributed by atoms with E-state index in [2.05, 4.69) is 26.0 Å². The van der Waals surface area contributed by atoms with E-state index >= 15 is 0 Å². The second kappa shape index (κ2) is 6.56. The molecule has 0 spiro atoms. The molecule has 0 atom stereocenters. The standard InChI is InChI=1S/C7H8.C2H8Si/c1-7-5-3-2-4-6-7;1-2-3/h2-6H,1H3;2H2,1,3H3. The van der Waals surface area contributed by atoms with Gasteiger partial charge in [0.15, 0.2) is 0 Å². The van der Waals surface area contributed by atoms with Crippen LogP contribution in [0.15, 0.2) is 30.3 Å². The fraction of sp³-hybridized carbons (Fsp3) is 0.333. The molecule has 0 amide bonds. The van der Waals surface area contributed by atoms with Crippen LogP contribution >= 0.6 is 0 Å². The van der Waals surface area contributed by atoms with Crippen molar-refractivity contribution in [3.8, 4) is 0 Å². The summed E-state index contributed by atoms with van der Waals surface area (Å²) in [6.45, 7) is 4.27. The third-order valence-electron chi connectivity index (χ3n) is 0.940. The SMILES string of the molecule is CC[SiH3].Cc1ccccc1. The molecule has 1 heteroatoms. The molecule has 0 aliphatic rings. The van der Waals surface area contributed by atoms with Crippen LogP contribution in [0.2, 0.25) is 6.04 Å². The highest BCUT2D eigenvalue weighted by molar-refractivity contribution is 6.08. The third kappa shape index (κ3) is 5.57. The summed E-state index contributed by atoms with van der Waals surface area (Å²) in [5.41, 5.74) is 1.32. The van der Waals surface area contributed by atoms with Crippen LogP contribution in [0.3, 0.4) is 0 Å². The van der Waals surface area contributed by atoms with Crippen molar-refractivity contribution in [2.45, 2.75) is 19.9 Å². The average molecular weight is 152 g/mol. The van der Waals surface area contributed by atoms with Crippen LogP contribution in [0.1, 0.15) is 12.5 Å². The summed E-state index contributed by atoms with van der Waals surface area (Å²) >= 11 is 0. The van der Waals surface area contributed by atoms with Gasteiger partial charge in [0.05, 0.1) is 0 Å². The largest absolute Gasteiger partial charge is 0.0686 e. The fourth-order valence-electron chi connectivity index (χ4n) is 0.534. The van der Waals surface area contributed by atoms with Crippen molar-refractivity contribution in [2.24, 2.45) is 0 Å². The molecule has 0 N–H and O–H groups in total. The summed E-state index contributed by atoms with van der Waals surface area (Å²) in [4.78, 5) is 0. The van der Waals surface area contributed by atoms with E-state index in [1.54, 1.807) is 0 Å². The highest BCUT2D eigenvalue weighted by Crippen LogP contribution is 1.92. The molecule has 1 aromatic rings. The number of hydrogen-bond donors (Lipinski definition) is 0. The van der Waals surface area contributed by atoms with E-state index in [-0.39, 0.29) is 0 Å². The zero-order chi connectivity index (χ0) is 7.82. The second-order valence-electron chi connectivity index (χ2n) is 2.36. The molecule has 1 aromatic carbocycles. The van der Waals surface area contributed by atoms with Gasteiger partial charge in [-0.2, -0.15) is 0 Å². The first-order chi connectivity index (χ1) is 4.81. The minimum absolute atomic E-state index is 1.32. The van der Waals surface area contributed by atoms with E-state index in [0.717, 1.165) is 0 Å². The van der Waals surface area contributed by atoms with Gasteiger partial charge < -0.3 is 0 Å². The molecular formula is C9H16Si. The number of hydrogen-bond acceptors (Lipinski definition) is 0. The maximum absolute atomic E-state index is 2.19. The van der Waals surface area contributed by atoms with Crippen LogP contribution in [0.4, 0.5) is 0 Å². The second-order valence-corrected chi connectivity index (χ2v) is 3.78. The Kier molecular flexibility index (Phi) is 6.19. The summed E-state index contributed by atoms with van der Waals surface area (Å²) in [6, 6.07) is 11.7. The molecule has 0 radical (unpaired) electrons. The molecule has 0 fully saturated rings. The van der Waals surface area contributed by atoms with Crippen molar-refractivity contribution < 1.29 is 0 Å². The summed E-state index contributed by atoms with van der Waals surface area (Å²) in [6.07, 6.45) is 0. The maximum atomic E-state index is 2.19. The molecule has 0 aliphatic heterocycles. The predicted molar refractivity (Wildman–Crippen MR) is 51.6 cm³/mol. The van der Waals surface area contributed by atoms with E-state index < -0.39 is 0 Å². The normalized spacial score (nSPS) is 8.20. The zero-order valence-corrected chi connectivity index (χ0v) is 9.09. The summed E-state index contributed by atoms with van der Waals surface area (Å²) in [5, 5.41) is 0. The first kappa shape index (κ1) is 9.44. The van der Waals surface area contributed by atoms with E-state index in [0.29, 0.717) is 0 Å². The summed E-state index contributed by atoms with van der Waals surface area (Å²) < 4.78 is 0. The van der Waals surface area contributed by atoms with Gasteiger partial charge in [0, 0.05) is 10.2 Å². The summed E-state index contributed by atoms with van der Waals surface area (Å²) in [5.74, 6) is 0.